The molecule has 0 aliphatic carbocycles. The van der Waals surface area contributed by atoms with Crippen molar-refractivity contribution in [1.29, 1.82) is 0 Å². The Morgan fingerprint density at radius 1 is 1.32 bits per heavy atom. The Labute approximate surface area is 133 Å². The molecule has 0 bridgehead atoms. The Morgan fingerprint density at radius 2 is 1.95 bits per heavy atom. The number of hydroxylamine groups is 2. The molecule has 22 heavy (non-hydrogen) atoms. The van der Waals surface area contributed by atoms with Gasteiger partial charge in [-0.2, -0.15) is 10.9 Å². The number of esters is 1. The molecule has 8 heteroatoms. The van der Waals surface area contributed by atoms with Gasteiger partial charge in [0.2, 0.25) is 5.91 Å². The van der Waals surface area contributed by atoms with Gasteiger partial charge in [0.05, 0.1) is 6.04 Å². The van der Waals surface area contributed by atoms with Crippen LogP contribution < -0.4 is 5.32 Å². The monoisotopic (exact) mass is 333 g/mol. The van der Waals surface area contributed by atoms with E-state index < -0.39 is 34.3 Å². The zero-order chi connectivity index (χ0) is 16.9. The van der Waals surface area contributed by atoms with Crippen LogP contribution in [0.5, 0.6) is 0 Å². The second kappa shape index (κ2) is 7.94. The Morgan fingerprint density at radius 3 is 2.45 bits per heavy atom. The molecule has 1 saturated heterocycles. The molecule has 1 fully saturated rings. The van der Waals surface area contributed by atoms with Crippen molar-refractivity contribution in [1.82, 2.24) is 10.4 Å². The minimum absolute atomic E-state index is 0.240. The average Bonchev–Trinajstić information content (AvgIpc) is 2.47. The van der Waals surface area contributed by atoms with Gasteiger partial charge in [-0.1, -0.05) is 0 Å². The zero-order valence-electron chi connectivity index (χ0n) is 13.6. The van der Waals surface area contributed by atoms with Crippen LogP contribution in [-0.4, -0.2) is 47.0 Å². The van der Waals surface area contributed by atoms with Gasteiger partial charge >= 0.3 is 5.97 Å². The van der Waals surface area contributed by atoms with Crippen LogP contribution in [0.25, 0.3) is 0 Å². The number of ether oxygens (including phenoxy) is 1. The summed E-state index contributed by atoms with van der Waals surface area (Å²) in [4.78, 5) is 23.9. The number of rotatable bonds is 4. The van der Waals surface area contributed by atoms with Gasteiger partial charge in [0.1, 0.15) is 5.60 Å². The topological polar surface area (TPSA) is 84.9 Å². The first-order chi connectivity index (χ1) is 10.1. The van der Waals surface area contributed by atoms with Crippen molar-refractivity contribution in [3.05, 3.63) is 0 Å². The maximum absolute atomic E-state index is 12.5. The molecule has 1 amide bonds. The molecule has 1 rings (SSSR count). The van der Waals surface area contributed by atoms with E-state index in [0.29, 0.717) is 13.0 Å². The van der Waals surface area contributed by atoms with E-state index >= 15 is 0 Å². The zero-order valence-corrected chi connectivity index (χ0v) is 14.4. The summed E-state index contributed by atoms with van der Waals surface area (Å²) < 4.78 is 21.9. The lowest BCUT2D eigenvalue weighted by atomic mass is 10.0. The fourth-order valence-corrected chi connectivity index (χ4v) is 2.76. The van der Waals surface area contributed by atoms with Crippen molar-refractivity contribution in [2.24, 2.45) is 0 Å². The third kappa shape index (κ3) is 6.33. The number of carbonyl (C=O) groups excluding carboxylic acids is 2. The van der Waals surface area contributed by atoms with Gasteiger partial charge in [0, 0.05) is 13.5 Å². The molecule has 0 aromatic carbocycles. The van der Waals surface area contributed by atoms with Gasteiger partial charge in [-0.05, 0) is 40.0 Å². The van der Waals surface area contributed by atoms with E-state index in [-0.39, 0.29) is 5.91 Å². The van der Waals surface area contributed by atoms with Gasteiger partial charge in [0.15, 0.2) is 6.04 Å². The van der Waals surface area contributed by atoms with E-state index in [2.05, 4.69) is 11.2 Å². The predicted molar refractivity (Wildman–Crippen MR) is 84.1 cm³/mol. The lowest BCUT2D eigenvalue weighted by Crippen LogP contribution is -2.55. The average molecular weight is 333 g/mol. The van der Waals surface area contributed by atoms with Crippen LogP contribution in [0.2, 0.25) is 0 Å². The summed E-state index contributed by atoms with van der Waals surface area (Å²) in [6, 6.07) is -1.31. The van der Waals surface area contributed by atoms with E-state index in [1.807, 2.05) is 0 Å². The van der Waals surface area contributed by atoms with Crippen molar-refractivity contribution in [3.63, 3.8) is 0 Å². The molecule has 0 saturated carbocycles. The second-order valence-electron chi connectivity index (χ2n) is 6.30. The van der Waals surface area contributed by atoms with Crippen LogP contribution in [-0.2, 0) is 33.5 Å². The van der Waals surface area contributed by atoms with Crippen molar-refractivity contribution in [2.75, 3.05) is 6.54 Å². The summed E-state index contributed by atoms with van der Waals surface area (Å²) in [5.74, 6) is 2.53. The molecule has 128 valence electrons. The molecule has 0 spiro atoms. The third-order valence-corrected chi connectivity index (χ3v) is 3.41. The molecule has 2 atom stereocenters. The number of hydrogen-bond acceptors (Lipinski definition) is 7. The first-order valence-electron chi connectivity index (χ1n) is 7.26. The first kappa shape index (κ1) is 18.9. The van der Waals surface area contributed by atoms with Crippen molar-refractivity contribution in [2.45, 2.75) is 64.6 Å². The fraction of sp³-hybridized carbons (Fsp3) is 0.786. The largest absolute Gasteiger partial charge is 0.459 e. The molecule has 0 aromatic heterocycles. The van der Waals surface area contributed by atoms with Crippen LogP contribution in [0.1, 0.15) is 47.0 Å². The molecule has 7 nitrogen and oxygen atoms in total. The SMILES string of the molecule is C=[S-](=O)ON1CCCCC(NC(C)=O)C1C(=O)OC(C)(C)C. The summed E-state index contributed by atoms with van der Waals surface area (Å²) >= 11 is 0. The molecule has 1 heterocycles. The Balaban J connectivity index is 3.06. The highest BCUT2D eigenvalue weighted by Crippen LogP contribution is 2.21. The highest BCUT2D eigenvalue weighted by Gasteiger charge is 2.38. The highest BCUT2D eigenvalue weighted by atomic mass is 32.2. The smallest absolute Gasteiger partial charge is 0.328 e. The maximum atomic E-state index is 12.5. The summed E-state index contributed by atoms with van der Waals surface area (Å²) in [5, 5.41) is 4.09. The van der Waals surface area contributed by atoms with Crippen molar-refractivity contribution < 1.29 is 22.8 Å². The number of nitrogens with one attached hydrogen (secondary N) is 1. The standard InChI is InChI=1S/C14H25N2O5S/c1-10(17)15-11-8-6-7-9-16(21-22(5)19)12(11)13(18)20-14(2,3)4/h11-12H,5-9H2,1-4H3,(H,15,17)/q-1. The van der Waals surface area contributed by atoms with Gasteiger partial charge in [-0.25, -0.2) is 0 Å². The van der Waals surface area contributed by atoms with Crippen LogP contribution in [0.4, 0.5) is 0 Å². The van der Waals surface area contributed by atoms with Crippen LogP contribution in [0.15, 0.2) is 0 Å². The van der Waals surface area contributed by atoms with Crippen LogP contribution in [0.3, 0.4) is 0 Å². The Kier molecular flexibility index (Phi) is 6.83. The van der Waals surface area contributed by atoms with E-state index in [4.69, 9.17) is 9.02 Å². The lowest BCUT2D eigenvalue weighted by Gasteiger charge is -2.35. The predicted octanol–water partition coefficient (Wildman–Crippen LogP) is 0.930. The second-order valence-corrected chi connectivity index (χ2v) is 7.06. The van der Waals surface area contributed by atoms with E-state index in [1.54, 1.807) is 20.8 Å². The normalized spacial score (nSPS) is 23.9. The number of amides is 1. The maximum Gasteiger partial charge on any atom is 0.328 e. The fourth-order valence-electron chi connectivity index (χ4n) is 2.38. The molecular formula is C14H25N2O5S-. The summed E-state index contributed by atoms with van der Waals surface area (Å²) in [6.45, 7) is 7.10. The third-order valence-electron chi connectivity index (χ3n) is 3.05. The van der Waals surface area contributed by atoms with Crippen LogP contribution >= 0.6 is 0 Å². The van der Waals surface area contributed by atoms with Gasteiger partial charge in [0.25, 0.3) is 0 Å². The van der Waals surface area contributed by atoms with Crippen LogP contribution in [0, 0.1) is 0 Å². The number of hydrogen-bond donors (Lipinski definition) is 1. The summed E-state index contributed by atoms with van der Waals surface area (Å²) in [7, 11) is -1.80. The first-order valence-corrected chi connectivity index (χ1v) is 8.51. The number of carbonyl (C=O) groups is 2. The molecule has 2 unspecified atom stereocenters. The molecule has 0 radical (unpaired) electrons. The molecular weight excluding hydrogens is 308 g/mol. The molecule has 0 aromatic rings. The van der Waals surface area contributed by atoms with Gasteiger partial charge < -0.3 is 18.5 Å². The lowest BCUT2D eigenvalue weighted by molar-refractivity contribution is -0.177. The van der Waals surface area contributed by atoms with E-state index in [9.17, 15) is 13.8 Å². The summed E-state index contributed by atoms with van der Waals surface area (Å²) in [5.41, 5.74) is -0.667. The molecule has 1 N–H and O–H groups in total. The van der Waals surface area contributed by atoms with E-state index in [0.717, 1.165) is 12.8 Å². The van der Waals surface area contributed by atoms with Gasteiger partial charge in [-0.3, -0.25) is 9.59 Å². The highest BCUT2D eigenvalue weighted by molar-refractivity contribution is 7.77. The van der Waals surface area contributed by atoms with Gasteiger partial charge in [-0.15, -0.1) is 10.7 Å². The molecule has 1 aliphatic rings. The van der Waals surface area contributed by atoms with E-state index in [1.165, 1.54) is 12.0 Å². The number of nitrogens with zero attached hydrogens (tertiary/aromatic N) is 1. The Bertz CT molecular complexity index is 476. The minimum Gasteiger partial charge on any atom is -0.459 e. The molecule has 1 aliphatic heterocycles. The minimum atomic E-state index is -1.80. The summed E-state index contributed by atoms with van der Waals surface area (Å²) in [6.07, 6.45) is 2.19. The van der Waals surface area contributed by atoms with Crippen molar-refractivity contribution in [3.8, 4) is 0 Å². The Hall–Kier alpha value is -1.12. The quantitative estimate of drug-likeness (QED) is 0.468. The van der Waals surface area contributed by atoms with Crippen molar-refractivity contribution >= 4 is 28.4 Å².